The number of anilines is 3. The van der Waals surface area contributed by atoms with Gasteiger partial charge in [0.2, 0.25) is 11.8 Å². The van der Waals surface area contributed by atoms with Gasteiger partial charge in [-0.15, -0.1) is 0 Å². The van der Waals surface area contributed by atoms with E-state index >= 15 is 0 Å². The van der Waals surface area contributed by atoms with Gasteiger partial charge in [0, 0.05) is 42.1 Å². The van der Waals surface area contributed by atoms with E-state index in [1.807, 2.05) is 30.0 Å². The lowest BCUT2D eigenvalue weighted by molar-refractivity contribution is -0.116. The molecule has 2 aromatic carbocycles. The lowest BCUT2D eigenvalue weighted by atomic mass is 10.1. The normalized spacial score (nSPS) is 13.1. The maximum atomic E-state index is 12.4. The van der Waals surface area contributed by atoms with Crippen molar-refractivity contribution in [3.8, 4) is 0 Å². The van der Waals surface area contributed by atoms with Crippen LogP contribution in [0, 0.1) is 6.92 Å². The van der Waals surface area contributed by atoms with E-state index in [-0.39, 0.29) is 24.3 Å². The monoisotopic (exact) mass is 408 g/mol. The minimum atomic E-state index is -0.201. The van der Waals surface area contributed by atoms with Crippen molar-refractivity contribution < 1.29 is 14.4 Å². The highest BCUT2D eigenvalue weighted by molar-refractivity contribution is 5.97. The van der Waals surface area contributed by atoms with Gasteiger partial charge in [-0.1, -0.05) is 13.0 Å². The van der Waals surface area contributed by atoms with Gasteiger partial charge in [-0.25, -0.2) is 0 Å². The van der Waals surface area contributed by atoms with Crippen LogP contribution in [0.1, 0.15) is 42.1 Å². The predicted octanol–water partition coefficient (Wildman–Crippen LogP) is 3.63. The van der Waals surface area contributed by atoms with Gasteiger partial charge < -0.3 is 20.9 Å². The van der Waals surface area contributed by atoms with Crippen molar-refractivity contribution in [2.75, 3.05) is 35.6 Å². The molecular formula is C23H28N4O3. The molecule has 3 N–H and O–H groups in total. The summed E-state index contributed by atoms with van der Waals surface area (Å²) in [6, 6.07) is 12.5. The molecule has 1 aliphatic heterocycles. The molecule has 1 fully saturated rings. The minimum absolute atomic E-state index is 0.0392. The largest absolute Gasteiger partial charge is 0.376 e. The summed E-state index contributed by atoms with van der Waals surface area (Å²) in [4.78, 5) is 38.1. The number of rotatable bonds is 7. The molecule has 3 rings (SSSR count). The van der Waals surface area contributed by atoms with Crippen molar-refractivity contribution in [1.82, 2.24) is 4.90 Å². The molecule has 0 saturated carbocycles. The van der Waals surface area contributed by atoms with Crippen LogP contribution in [0.5, 0.6) is 0 Å². The number of carbonyl (C=O) groups excluding carboxylic acids is 3. The van der Waals surface area contributed by atoms with E-state index in [1.165, 1.54) is 0 Å². The molecule has 2 aromatic rings. The molecule has 1 aliphatic rings. The fourth-order valence-electron chi connectivity index (χ4n) is 3.29. The van der Waals surface area contributed by atoms with Crippen LogP contribution in [-0.2, 0) is 9.59 Å². The van der Waals surface area contributed by atoms with E-state index in [2.05, 4.69) is 16.0 Å². The van der Waals surface area contributed by atoms with Gasteiger partial charge >= 0.3 is 0 Å². The smallest absolute Gasteiger partial charge is 0.253 e. The van der Waals surface area contributed by atoms with Crippen molar-refractivity contribution in [3.63, 3.8) is 0 Å². The Morgan fingerprint density at radius 3 is 2.23 bits per heavy atom. The summed E-state index contributed by atoms with van der Waals surface area (Å²) < 4.78 is 0. The molecule has 7 heteroatoms. The highest BCUT2D eigenvalue weighted by Gasteiger charge is 2.19. The van der Waals surface area contributed by atoms with E-state index in [0.29, 0.717) is 17.7 Å². The number of carbonyl (C=O) groups is 3. The highest BCUT2D eigenvalue weighted by atomic mass is 16.2. The van der Waals surface area contributed by atoms with E-state index < -0.39 is 0 Å². The Bertz CT molecular complexity index is 919. The molecule has 30 heavy (non-hydrogen) atoms. The van der Waals surface area contributed by atoms with Crippen molar-refractivity contribution in [2.24, 2.45) is 0 Å². The second-order valence-electron chi connectivity index (χ2n) is 7.41. The number of hydrogen-bond acceptors (Lipinski definition) is 4. The van der Waals surface area contributed by atoms with E-state index in [9.17, 15) is 14.4 Å². The van der Waals surface area contributed by atoms with Gasteiger partial charge in [0.15, 0.2) is 0 Å². The number of nitrogens with one attached hydrogen (secondary N) is 3. The summed E-state index contributed by atoms with van der Waals surface area (Å²) in [5.41, 5.74) is 3.70. The summed E-state index contributed by atoms with van der Waals surface area (Å²) in [6.07, 6.45) is 2.52. The van der Waals surface area contributed by atoms with Crippen LogP contribution in [0.25, 0.3) is 0 Å². The molecule has 0 atom stereocenters. The van der Waals surface area contributed by atoms with Crippen LogP contribution in [0.4, 0.5) is 17.1 Å². The van der Waals surface area contributed by atoms with Crippen molar-refractivity contribution in [3.05, 3.63) is 53.6 Å². The maximum absolute atomic E-state index is 12.4. The van der Waals surface area contributed by atoms with Gasteiger partial charge in [0.05, 0.1) is 6.54 Å². The molecule has 0 spiro atoms. The van der Waals surface area contributed by atoms with E-state index in [1.54, 1.807) is 31.2 Å². The maximum Gasteiger partial charge on any atom is 0.253 e. The molecule has 1 saturated heterocycles. The fraction of sp³-hybridized carbons (Fsp3) is 0.348. The molecule has 0 radical (unpaired) electrons. The zero-order valence-corrected chi connectivity index (χ0v) is 17.5. The molecular weight excluding hydrogens is 380 g/mol. The zero-order chi connectivity index (χ0) is 21.5. The minimum Gasteiger partial charge on any atom is -0.376 e. The van der Waals surface area contributed by atoms with Gasteiger partial charge in [0.1, 0.15) is 0 Å². The van der Waals surface area contributed by atoms with Crippen LogP contribution in [0.15, 0.2) is 42.5 Å². The number of hydrogen-bond donors (Lipinski definition) is 3. The summed E-state index contributed by atoms with van der Waals surface area (Å²) in [5, 5.41) is 8.74. The molecule has 0 bridgehead atoms. The zero-order valence-electron chi connectivity index (χ0n) is 17.5. The quantitative estimate of drug-likeness (QED) is 0.653. The first-order chi connectivity index (χ1) is 14.5. The Morgan fingerprint density at radius 2 is 1.57 bits per heavy atom. The predicted molar refractivity (Wildman–Crippen MR) is 119 cm³/mol. The summed E-state index contributed by atoms with van der Waals surface area (Å²) in [6.45, 7) is 5.42. The van der Waals surface area contributed by atoms with Crippen LogP contribution in [0.2, 0.25) is 0 Å². The van der Waals surface area contributed by atoms with Crippen LogP contribution >= 0.6 is 0 Å². The van der Waals surface area contributed by atoms with E-state index in [4.69, 9.17) is 0 Å². The molecule has 0 aromatic heterocycles. The second-order valence-corrected chi connectivity index (χ2v) is 7.41. The average molecular weight is 409 g/mol. The Balaban J connectivity index is 1.52. The number of benzene rings is 2. The SMILES string of the molecule is CCC(=O)Nc1cc(NCC(=O)Nc2ccc(C(=O)N3CCCC3)cc2)ccc1C. The molecule has 158 valence electrons. The van der Waals surface area contributed by atoms with Gasteiger partial charge in [-0.3, -0.25) is 14.4 Å². The first kappa shape index (κ1) is 21.4. The summed E-state index contributed by atoms with van der Waals surface area (Å²) in [7, 11) is 0. The lowest BCUT2D eigenvalue weighted by Gasteiger charge is -2.15. The van der Waals surface area contributed by atoms with Crippen molar-refractivity contribution in [2.45, 2.75) is 33.1 Å². The third kappa shape index (κ3) is 5.59. The van der Waals surface area contributed by atoms with Crippen molar-refractivity contribution >= 4 is 34.8 Å². The fourth-order valence-corrected chi connectivity index (χ4v) is 3.29. The van der Waals surface area contributed by atoms with Crippen LogP contribution in [-0.4, -0.2) is 42.3 Å². The van der Waals surface area contributed by atoms with E-state index in [0.717, 1.165) is 42.9 Å². The molecule has 7 nitrogen and oxygen atoms in total. The molecule has 1 heterocycles. The van der Waals surface area contributed by atoms with Gasteiger partial charge in [-0.05, 0) is 61.7 Å². The standard InChI is InChI=1S/C23H28N4O3/c1-3-21(28)26-20-14-19(9-6-16(20)2)24-15-22(29)25-18-10-7-17(8-11-18)23(30)27-12-4-5-13-27/h6-11,14,24H,3-5,12-13,15H2,1-2H3,(H,25,29)(H,26,28). The number of nitrogens with zero attached hydrogens (tertiary/aromatic N) is 1. The number of likely N-dealkylation sites (tertiary alicyclic amines) is 1. The first-order valence-electron chi connectivity index (χ1n) is 10.3. The average Bonchev–Trinajstić information content (AvgIpc) is 3.29. The highest BCUT2D eigenvalue weighted by Crippen LogP contribution is 2.20. The first-order valence-corrected chi connectivity index (χ1v) is 10.3. The Morgan fingerprint density at radius 1 is 0.900 bits per heavy atom. The summed E-state index contributed by atoms with van der Waals surface area (Å²) in [5.74, 6) is -0.217. The van der Waals surface area contributed by atoms with Crippen LogP contribution < -0.4 is 16.0 Å². The number of aryl methyl sites for hydroxylation is 1. The van der Waals surface area contributed by atoms with Gasteiger partial charge in [-0.2, -0.15) is 0 Å². The van der Waals surface area contributed by atoms with Gasteiger partial charge in [0.25, 0.3) is 5.91 Å². The molecule has 0 aliphatic carbocycles. The van der Waals surface area contributed by atoms with Crippen LogP contribution in [0.3, 0.4) is 0 Å². The topological polar surface area (TPSA) is 90.5 Å². The Kier molecular flexibility index (Phi) is 7.06. The Hall–Kier alpha value is -3.35. The lowest BCUT2D eigenvalue weighted by Crippen LogP contribution is -2.27. The number of amides is 3. The second kappa shape index (κ2) is 9.91. The third-order valence-corrected chi connectivity index (χ3v) is 5.09. The molecule has 0 unspecified atom stereocenters. The third-order valence-electron chi connectivity index (χ3n) is 5.09. The molecule has 3 amide bonds. The van der Waals surface area contributed by atoms with Crippen molar-refractivity contribution in [1.29, 1.82) is 0 Å². The summed E-state index contributed by atoms with van der Waals surface area (Å²) >= 11 is 0. The Labute approximate surface area is 176 Å².